The number of aromatic nitrogens is 2. The second-order valence-electron chi connectivity index (χ2n) is 7.96. The molecule has 0 saturated heterocycles. The van der Waals surface area contributed by atoms with Crippen LogP contribution in [-0.2, 0) is 11.2 Å². The Morgan fingerprint density at radius 3 is 2.62 bits per heavy atom. The van der Waals surface area contributed by atoms with E-state index >= 15 is 0 Å². The van der Waals surface area contributed by atoms with Gasteiger partial charge in [-0.1, -0.05) is 35.3 Å². The molecule has 0 bridgehead atoms. The second kappa shape index (κ2) is 8.04. The number of halogens is 2. The normalized spacial score (nSPS) is 15.1. The molecule has 6 nitrogen and oxygen atoms in total. The first kappa shape index (κ1) is 20.7. The second-order valence-corrected chi connectivity index (χ2v) is 8.83. The topological polar surface area (TPSA) is 81.2 Å². The molecule has 0 saturated carbocycles. The Bertz CT molecular complexity index is 1330. The van der Waals surface area contributed by atoms with Crippen molar-refractivity contribution in [1.82, 2.24) is 9.97 Å². The number of benzene rings is 3. The number of imidazole rings is 1. The van der Waals surface area contributed by atoms with E-state index in [1.54, 1.807) is 6.07 Å². The highest BCUT2D eigenvalue weighted by molar-refractivity contribution is 6.34. The van der Waals surface area contributed by atoms with E-state index in [2.05, 4.69) is 16.4 Å². The zero-order valence-corrected chi connectivity index (χ0v) is 18.7. The lowest BCUT2D eigenvalue weighted by atomic mass is 10.0. The van der Waals surface area contributed by atoms with Crippen LogP contribution in [0.15, 0.2) is 54.6 Å². The van der Waals surface area contributed by atoms with E-state index in [1.807, 2.05) is 54.4 Å². The summed E-state index contributed by atoms with van der Waals surface area (Å²) in [5.41, 5.74) is 6.70. The number of H-pyrrole nitrogens is 1. The van der Waals surface area contributed by atoms with Gasteiger partial charge in [0, 0.05) is 22.7 Å². The van der Waals surface area contributed by atoms with Crippen LogP contribution < -0.4 is 10.2 Å². The van der Waals surface area contributed by atoms with Crippen molar-refractivity contribution in [1.29, 1.82) is 0 Å². The quantitative estimate of drug-likeness (QED) is 0.346. The SMILES string of the molecule is CN1c2c(cccc2-c2nc3ccc(Cc4cc(Cl)cc(Cl)c4)cc3[nH]2)NC1CC(=O)O. The van der Waals surface area contributed by atoms with Gasteiger partial charge < -0.3 is 20.3 Å². The van der Waals surface area contributed by atoms with Crippen LogP contribution >= 0.6 is 23.2 Å². The van der Waals surface area contributed by atoms with Crippen LogP contribution in [0.3, 0.4) is 0 Å². The Kier molecular flexibility index (Phi) is 5.19. The number of hydrogen-bond acceptors (Lipinski definition) is 4. The summed E-state index contributed by atoms with van der Waals surface area (Å²) in [6, 6.07) is 17.6. The average Bonchev–Trinajstić information content (AvgIpc) is 3.28. The van der Waals surface area contributed by atoms with Crippen LogP contribution in [-0.4, -0.2) is 34.3 Å². The van der Waals surface area contributed by atoms with Crippen LogP contribution in [0.5, 0.6) is 0 Å². The highest BCUT2D eigenvalue weighted by atomic mass is 35.5. The van der Waals surface area contributed by atoms with Crippen molar-refractivity contribution in [2.24, 2.45) is 0 Å². The molecule has 8 heteroatoms. The molecule has 1 aliphatic rings. The van der Waals surface area contributed by atoms with Crippen LogP contribution in [0, 0.1) is 0 Å². The van der Waals surface area contributed by atoms with Crippen molar-refractivity contribution < 1.29 is 9.90 Å². The maximum absolute atomic E-state index is 11.2. The first-order chi connectivity index (χ1) is 15.4. The molecule has 5 rings (SSSR count). The molecule has 1 aliphatic heterocycles. The number of aliphatic carboxylic acids is 1. The summed E-state index contributed by atoms with van der Waals surface area (Å²) in [6.07, 6.45) is 0.403. The number of nitrogens with zero attached hydrogens (tertiary/aromatic N) is 2. The van der Waals surface area contributed by atoms with Gasteiger partial charge in [-0.2, -0.15) is 0 Å². The fraction of sp³-hybridized carbons (Fsp3) is 0.167. The molecule has 3 aromatic carbocycles. The number of aromatic amines is 1. The highest BCUT2D eigenvalue weighted by Crippen LogP contribution is 2.42. The average molecular weight is 467 g/mol. The lowest BCUT2D eigenvalue weighted by Crippen LogP contribution is -2.34. The first-order valence-electron chi connectivity index (χ1n) is 10.2. The molecule has 0 aliphatic carbocycles. The largest absolute Gasteiger partial charge is 0.481 e. The molecule has 0 fully saturated rings. The van der Waals surface area contributed by atoms with Crippen LogP contribution in [0.1, 0.15) is 17.5 Å². The van der Waals surface area contributed by atoms with E-state index in [0.29, 0.717) is 16.5 Å². The van der Waals surface area contributed by atoms with Gasteiger partial charge >= 0.3 is 5.97 Å². The van der Waals surface area contributed by atoms with Gasteiger partial charge in [-0.25, -0.2) is 4.98 Å². The number of nitrogens with one attached hydrogen (secondary N) is 2. The molecule has 1 aromatic heterocycles. The van der Waals surface area contributed by atoms with Crippen LogP contribution in [0.25, 0.3) is 22.4 Å². The van der Waals surface area contributed by atoms with Gasteiger partial charge in [-0.3, -0.25) is 4.79 Å². The molecule has 4 aromatic rings. The minimum absolute atomic E-state index is 0.00162. The van der Waals surface area contributed by atoms with Crippen molar-refractivity contribution in [2.75, 3.05) is 17.3 Å². The van der Waals surface area contributed by atoms with Gasteiger partial charge in [0.25, 0.3) is 0 Å². The molecule has 32 heavy (non-hydrogen) atoms. The number of rotatable bonds is 5. The van der Waals surface area contributed by atoms with Gasteiger partial charge in [0.2, 0.25) is 0 Å². The van der Waals surface area contributed by atoms with E-state index in [4.69, 9.17) is 28.2 Å². The Hall–Kier alpha value is -3.22. The number of carboxylic acids is 1. The van der Waals surface area contributed by atoms with Crippen molar-refractivity contribution in [2.45, 2.75) is 19.0 Å². The maximum atomic E-state index is 11.2. The highest BCUT2D eigenvalue weighted by Gasteiger charge is 2.30. The van der Waals surface area contributed by atoms with Crippen LogP contribution in [0.2, 0.25) is 10.0 Å². The minimum Gasteiger partial charge on any atom is -0.481 e. The van der Waals surface area contributed by atoms with E-state index in [1.165, 1.54) is 0 Å². The smallest absolute Gasteiger partial charge is 0.307 e. The molecule has 0 spiro atoms. The lowest BCUT2D eigenvalue weighted by molar-refractivity contribution is -0.137. The number of hydrogen-bond donors (Lipinski definition) is 3. The fourth-order valence-electron chi connectivity index (χ4n) is 4.26. The molecule has 1 unspecified atom stereocenters. The third kappa shape index (κ3) is 3.87. The van der Waals surface area contributed by atoms with Crippen molar-refractivity contribution in [3.05, 3.63) is 75.8 Å². The Balaban J connectivity index is 1.48. The van der Waals surface area contributed by atoms with Gasteiger partial charge in [0.05, 0.1) is 28.8 Å². The summed E-state index contributed by atoms with van der Waals surface area (Å²) < 4.78 is 0. The van der Waals surface area contributed by atoms with Crippen molar-refractivity contribution in [3.8, 4) is 11.4 Å². The fourth-order valence-corrected chi connectivity index (χ4v) is 4.83. The number of para-hydroxylation sites is 1. The molecule has 0 amide bonds. The maximum Gasteiger partial charge on any atom is 0.307 e. The lowest BCUT2D eigenvalue weighted by Gasteiger charge is -2.21. The van der Waals surface area contributed by atoms with Gasteiger partial charge in [-0.05, 0) is 60.0 Å². The van der Waals surface area contributed by atoms with Gasteiger partial charge in [0.1, 0.15) is 12.0 Å². The zero-order chi connectivity index (χ0) is 22.4. The predicted octanol–water partition coefficient (Wildman–Crippen LogP) is 5.79. The summed E-state index contributed by atoms with van der Waals surface area (Å²) in [4.78, 5) is 21.4. The predicted molar refractivity (Wildman–Crippen MR) is 129 cm³/mol. The number of anilines is 2. The van der Waals surface area contributed by atoms with Gasteiger partial charge in [-0.15, -0.1) is 0 Å². The third-order valence-corrected chi connectivity index (χ3v) is 6.11. The van der Waals surface area contributed by atoms with Crippen molar-refractivity contribution >= 4 is 51.6 Å². The number of carboxylic acid groups (broad SMARTS) is 1. The molecule has 0 radical (unpaired) electrons. The Morgan fingerprint density at radius 2 is 1.88 bits per heavy atom. The number of fused-ring (bicyclic) bond motifs is 2. The number of carbonyl (C=O) groups is 1. The Labute approximate surface area is 194 Å². The molecule has 1 atom stereocenters. The summed E-state index contributed by atoms with van der Waals surface area (Å²) in [7, 11) is 1.90. The zero-order valence-electron chi connectivity index (χ0n) is 17.2. The van der Waals surface area contributed by atoms with E-state index in [0.717, 1.165) is 44.9 Å². The van der Waals surface area contributed by atoms with Crippen molar-refractivity contribution in [3.63, 3.8) is 0 Å². The Morgan fingerprint density at radius 1 is 1.09 bits per heavy atom. The minimum atomic E-state index is -0.846. The molecule has 3 N–H and O–H groups in total. The van der Waals surface area contributed by atoms with E-state index in [-0.39, 0.29) is 12.6 Å². The molecule has 2 heterocycles. The monoisotopic (exact) mass is 466 g/mol. The summed E-state index contributed by atoms with van der Waals surface area (Å²) in [5, 5.41) is 13.7. The van der Waals surface area contributed by atoms with Gasteiger partial charge in [0.15, 0.2) is 0 Å². The van der Waals surface area contributed by atoms with E-state index < -0.39 is 5.97 Å². The molecular formula is C24H20Cl2N4O2. The summed E-state index contributed by atoms with van der Waals surface area (Å²) >= 11 is 12.3. The summed E-state index contributed by atoms with van der Waals surface area (Å²) in [5.74, 6) is -0.106. The molecule has 162 valence electrons. The third-order valence-electron chi connectivity index (χ3n) is 5.68. The first-order valence-corrected chi connectivity index (χ1v) is 10.9. The van der Waals surface area contributed by atoms with E-state index in [9.17, 15) is 9.90 Å². The summed E-state index contributed by atoms with van der Waals surface area (Å²) in [6.45, 7) is 0. The van der Waals surface area contributed by atoms with Crippen LogP contribution in [0.4, 0.5) is 11.4 Å². The molecular weight excluding hydrogens is 447 g/mol. The standard InChI is InChI=1S/C24H20Cl2N4O2/c1-30-21(12-22(31)32)27-19-4-2-3-17(23(19)30)24-28-18-6-5-13(10-20(18)29-24)7-14-8-15(25)11-16(26)9-14/h2-6,8-11,21,27H,7,12H2,1H3,(H,28,29)(H,31,32).